The van der Waals surface area contributed by atoms with Crippen LogP contribution in [0.2, 0.25) is 0 Å². The van der Waals surface area contributed by atoms with Gasteiger partial charge in [0.05, 0.1) is 15.7 Å². The van der Waals surface area contributed by atoms with E-state index in [4.69, 9.17) is 0 Å². The first-order valence-corrected chi connectivity index (χ1v) is 17.6. The number of aromatic nitrogens is 1. The molecule has 0 aliphatic rings. The monoisotopic (exact) mass is 633 g/mol. The number of para-hydroxylation sites is 2. The van der Waals surface area contributed by atoms with Crippen LogP contribution < -0.4 is 0 Å². The van der Waals surface area contributed by atoms with Gasteiger partial charge in [-0.25, -0.2) is 0 Å². The van der Waals surface area contributed by atoms with Gasteiger partial charge in [-0.1, -0.05) is 140 Å². The van der Waals surface area contributed by atoms with E-state index < -0.39 is 0 Å². The molecule has 0 atom stereocenters. The van der Waals surface area contributed by atoms with E-state index >= 15 is 0 Å². The van der Waals surface area contributed by atoms with Crippen LogP contribution in [0.15, 0.2) is 164 Å². The molecular weight excluding hydrogens is 607 g/mol. The summed E-state index contributed by atoms with van der Waals surface area (Å²) in [7, 11) is 0. The van der Waals surface area contributed by atoms with Crippen LogP contribution in [0.5, 0.6) is 0 Å². The smallest absolute Gasteiger partial charge is 0.0727 e. The highest BCUT2D eigenvalue weighted by molar-refractivity contribution is 7.27. The van der Waals surface area contributed by atoms with Gasteiger partial charge in [-0.15, -0.1) is 22.7 Å². The van der Waals surface area contributed by atoms with Gasteiger partial charge in [0.2, 0.25) is 0 Å². The summed E-state index contributed by atoms with van der Waals surface area (Å²) in [4.78, 5) is 0. The summed E-state index contributed by atoms with van der Waals surface area (Å²) < 4.78 is 7.80. The maximum absolute atomic E-state index is 2.44. The van der Waals surface area contributed by atoms with E-state index in [9.17, 15) is 0 Å². The van der Waals surface area contributed by atoms with E-state index in [-0.39, 0.29) is 0 Å². The fraction of sp³-hybridized carbons (Fsp3) is 0. The van der Waals surface area contributed by atoms with Crippen LogP contribution in [-0.4, -0.2) is 4.57 Å². The molecule has 3 aromatic heterocycles. The predicted molar refractivity (Wildman–Crippen MR) is 205 cm³/mol. The van der Waals surface area contributed by atoms with Crippen molar-refractivity contribution in [2.75, 3.05) is 0 Å². The molecule has 10 aromatic rings. The zero-order chi connectivity index (χ0) is 30.9. The quantitative estimate of drug-likeness (QED) is 0.182. The van der Waals surface area contributed by atoms with Crippen molar-refractivity contribution in [1.82, 2.24) is 4.57 Å². The van der Waals surface area contributed by atoms with Gasteiger partial charge in [0.15, 0.2) is 0 Å². The Morgan fingerprint density at radius 1 is 0.340 bits per heavy atom. The van der Waals surface area contributed by atoms with Gasteiger partial charge < -0.3 is 4.57 Å². The average molecular weight is 634 g/mol. The molecule has 0 unspecified atom stereocenters. The van der Waals surface area contributed by atoms with Crippen molar-refractivity contribution in [2.45, 2.75) is 0 Å². The minimum atomic E-state index is 1.19. The van der Waals surface area contributed by atoms with Crippen molar-refractivity contribution in [3.05, 3.63) is 164 Å². The molecule has 10 rings (SSSR count). The molecule has 0 spiro atoms. The van der Waals surface area contributed by atoms with E-state index in [0.29, 0.717) is 0 Å². The van der Waals surface area contributed by atoms with Crippen LogP contribution >= 0.6 is 22.7 Å². The number of rotatable bonds is 4. The molecule has 0 radical (unpaired) electrons. The van der Waals surface area contributed by atoms with Crippen LogP contribution in [-0.2, 0) is 0 Å². The maximum atomic E-state index is 2.44. The normalized spacial score (nSPS) is 11.8. The number of thiophene rings is 2. The van der Waals surface area contributed by atoms with Crippen LogP contribution in [0.25, 0.3) is 90.4 Å². The van der Waals surface area contributed by atoms with Gasteiger partial charge in [-0.3, -0.25) is 0 Å². The van der Waals surface area contributed by atoms with Gasteiger partial charge in [0.25, 0.3) is 0 Å². The lowest BCUT2D eigenvalue weighted by atomic mass is 9.97. The third kappa shape index (κ3) is 4.07. The first kappa shape index (κ1) is 26.7. The van der Waals surface area contributed by atoms with Crippen LogP contribution in [0.3, 0.4) is 0 Å². The summed E-state index contributed by atoms with van der Waals surface area (Å²) in [6.07, 6.45) is 0. The molecule has 0 saturated carbocycles. The first-order chi connectivity index (χ1) is 23.3. The Hall–Kier alpha value is -5.48. The topological polar surface area (TPSA) is 4.93 Å². The Bertz CT molecular complexity index is 2780. The number of fused-ring (bicyclic) bond motifs is 8. The van der Waals surface area contributed by atoms with Crippen molar-refractivity contribution < 1.29 is 0 Å². The van der Waals surface area contributed by atoms with Crippen molar-refractivity contribution in [3.63, 3.8) is 0 Å². The highest BCUT2D eigenvalue weighted by Gasteiger charge is 2.20. The number of benzene rings is 7. The molecule has 0 aliphatic carbocycles. The van der Waals surface area contributed by atoms with Gasteiger partial charge in [-0.2, -0.15) is 0 Å². The number of nitrogens with zero attached hydrogens (tertiary/aromatic N) is 1. The molecular formula is C44H27NS2. The largest absolute Gasteiger partial charge is 0.308 e. The summed E-state index contributed by atoms with van der Waals surface area (Å²) in [5.74, 6) is 0. The molecule has 0 aliphatic heterocycles. The lowest BCUT2D eigenvalue weighted by Gasteiger charge is -2.10. The van der Waals surface area contributed by atoms with Crippen molar-refractivity contribution in [3.8, 4) is 39.1 Å². The molecule has 47 heavy (non-hydrogen) atoms. The molecule has 7 aromatic carbocycles. The minimum Gasteiger partial charge on any atom is -0.308 e. The third-order valence-corrected chi connectivity index (χ3v) is 12.0. The Morgan fingerprint density at radius 3 is 1.49 bits per heavy atom. The second kappa shape index (κ2) is 10.5. The molecule has 0 saturated heterocycles. The van der Waals surface area contributed by atoms with Gasteiger partial charge in [0.1, 0.15) is 0 Å². The van der Waals surface area contributed by atoms with Crippen molar-refractivity contribution in [1.29, 1.82) is 0 Å². The summed E-state index contributed by atoms with van der Waals surface area (Å²) in [5.41, 5.74) is 11.4. The summed E-state index contributed by atoms with van der Waals surface area (Å²) in [6, 6.07) is 59.8. The van der Waals surface area contributed by atoms with E-state index in [1.807, 2.05) is 22.7 Å². The molecule has 0 fully saturated rings. The maximum Gasteiger partial charge on any atom is 0.0727 e. The van der Waals surface area contributed by atoms with Gasteiger partial charge >= 0.3 is 0 Å². The second-order valence-corrected chi connectivity index (χ2v) is 14.1. The van der Waals surface area contributed by atoms with Crippen molar-refractivity contribution in [2.24, 2.45) is 0 Å². The standard InChI is InChI=1S/C44H27NS2/c1-3-13-28(14-4-1)32-20-10-23-35-36-24-11-21-33(42(36)46-41(32)35)29-15-9-16-30(27-29)34-22-12-25-38-40-44(47-43(34)38)37-19-7-8-26-39(37)45(40)31-17-5-2-6-18-31/h1-27H. The third-order valence-electron chi connectivity index (χ3n) is 9.41. The fourth-order valence-electron chi connectivity index (χ4n) is 7.31. The van der Waals surface area contributed by atoms with E-state index in [2.05, 4.69) is 168 Å². The van der Waals surface area contributed by atoms with Crippen molar-refractivity contribution >= 4 is 74.1 Å². The Labute approximate surface area is 280 Å². The molecule has 1 nitrogen and oxygen atoms in total. The van der Waals surface area contributed by atoms with Crippen LogP contribution in [0.1, 0.15) is 0 Å². The number of hydrogen-bond donors (Lipinski definition) is 0. The lowest BCUT2D eigenvalue weighted by molar-refractivity contribution is 1.19. The molecule has 0 bridgehead atoms. The van der Waals surface area contributed by atoms with Gasteiger partial charge in [0, 0.05) is 41.3 Å². The first-order valence-electron chi connectivity index (χ1n) is 15.9. The Kier molecular flexibility index (Phi) is 5.98. The van der Waals surface area contributed by atoms with E-state index in [0.717, 1.165) is 0 Å². The number of hydrogen-bond acceptors (Lipinski definition) is 2. The zero-order valence-electron chi connectivity index (χ0n) is 25.4. The molecule has 3 heteroatoms. The summed E-state index contributed by atoms with van der Waals surface area (Å²) in [5, 5.41) is 5.25. The molecule has 0 amide bonds. The van der Waals surface area contributed by atoms with E-state index in [1.165, 1.54) is 90.4 Å². The van der Waals surface area contributed by atoms with Crippen LogP contribution in [0.4, 0.5) is 0 Å². The minimum absolute atomic E-state index is 1.19. The molecule has 3 heterocycles. The highest BCUT2D eigenvalue weighted by atomic mass is 32.1. The van der Waals surface area contributed by atoms with Crippen LogP contribution in [0, 0.1) is 0 Å². The zero-order valence-corrected chi connectivity index (χ0v) is 27.0. The Morgan fingerprint density at radius 2 is 0.809 bits per heavy atom. The predicted octanol–water partition coefficient (Wildman–Crippen LogP) is 13.4. The lowest BCUT2D eigenvalue weighted by Crippen LogP contribution is -1.92. The highest BCUT2D eigenvalue weighted by Crippen LogP contribution is 2.47. The average Bonchev–Trinajstić information content (AvgIpc) is 3.81. The SMILES string of the molecule is c1ccc(-c2cccc3c2sc2c(-c4cccc(-c5cccc6c5sc5c7ccccc7n(-c7ccccc7)c65)c4)cccc23)cc1. The molecule has 220 valence electrons. The Balaban J connectivity index is 1.17. The molecule has 0 N–H and O–H groups in total. The summed E-state index contributed by atoms with van der Waals surface area (Å²) in [6.45, 7) is 0. The second-order valence-electron chi connectivity index (χ2n) is 12.1. The fourth-order valence-corrected chi connectivity index (χ4v) is 10.0. The summed E-state index contributed by atoms with van der Waals surface area (Å²) >= 11 is 3.83. The van der Waals surface area contributed by atoms with E-state index in [1.54, 1.807) is 0 Å². The van der Waals surface area contributed by atoms with Gasteiger partial charge in [-0.05, 0) is 57.6 Å².